The Morgan fingerprint density at radius 3 is 2.32 bits per heavy atom. The fraction of sp³-hybridized carbons (Fsp3) is 0.107. The van der Waals surface area contributed by atoms with E-state index in [1.54, 1.807) is 42.5 Å². The van der Waals surface area contributed by atoms with Gasteiger partial charge in [0, 0.05) is 6.20 Å². The number of rotatable bonds is 10. The van der Waals surface area contributed by atoms with Crippen molar-refractivity contribution in [1.82, 2.24) is 10.4 Å². The highest BCUT2D eigenvalue weighted by atomic mass is 32.2. The summed E-state index contributed by atoms with van der Waals surface area (Å²) in [5, 5.41) is 3.97. The SMILES string of the molecule is Cc1ccc(COc2ccc(/C=N\NC(=O)CN(c3ccccn3)S(=O)(=O)c3ccccc3)cc2)cc1. The van der Waals surface area contributed by atoms with Gasteiger partial charge in [-0.15, -0.1) is 0 Å². The van der Waals surface area contributed by atoms with E-state index in [0.717, 1.165) is 15.4 Å². The predicted molar refractivity (Wildman–Crippen MR) is 143 cm³/mol. The molecule has 4 aromatic rings. The Morgan fingerprint density at radius 1 is 0.946 bits per heavy atom. The molecule has 0 aliphatic carbocycles. The third kappa shape index (κ3) is 7.02. The van der Waals surface area contributed by atoms with Crippen LogP contribution in [0.1, 0.15) is 16.7 Å². The van der Waals surface area contributed by atoms with Crippen molar-refractivity contribution in [3.8, 4) is 5.75 Å². The first kappa shape index (κ1) is 25.6. The number of carbonyl (C=O) groups excluding carboxylic acids is 1. The minimum atomic E-state index is -4.01. The lowest BCUT2D eigenvalue weighted by molar-refractivity contribution is -0.119. The molecule has 3 aromatic carbocycles. The fourth-order valence-electron chi connectivity index (χ4n) is 3.36. The minimum Gasteiger partial charge on any atom is -0.489 e. The number of nitrogens with one attached hydrogen (secondary N) is 1. The molecule has 1 N–H and O–H groups in total. The van der Waals surface area contributed by atoms with Gasteiger partial charge in [-0.05, 0) is 66.6 Å². The van der Waals surface area contributed by atoms with Crippen LogP contribution in [0.25, 0.3) is 0 Å². The molecule has 4 rings (SSSR count). The van der Waals surface area contributed by atoms with E-state index < -0.39 is 22.5 Å². The summed E-state index contributed by atoms with van der Waals surface area (Å²) >= 11 is 0. The lowest BCUT2D eigenvalue weighted by Gasteiger charge is -2.22. The molecule has 0 saturated carbocycles. The number of hydrogen-bond acceptors (Lipinski definition) is 6. The Labute approximate surface area is 216 Å². The van der Waals surface area contributed by atoms with Crippen LogP contribution in [-0.4, -0.2) is 32.1 Å². The normalized spacial score (nSPS) is 11.3. The van der Waals surface area contributed by atoms with Crippen molar-refractivity contribution in [1.29, 1.82) is 0 Å². The lowest BCUT2D eigenvalue weighted by atomic mass is 10.2. The molecule has 1 amide bonds. The lowest BCUT2D eigenvalue weighted by Crippen LogP contribution is -2.40. The molecule has 188 valence electrons. The highest BCUT2D eigenvalue weighted by molar-refractivity contribution is 7.92. The molecule has 0 spiro atoms. The van der Waals surface area contributed by atoms with Crippen molar-refractivity contribution in [3.63, 3.8) is 0 Å². The summed E-state index contributed by atoms with van der Waals surface area (Å²) in [5.41, 5.74) is 5.40. The zero-order valence-corrected chi connectivity index (χ0v) is 21.0. The van der Waals surface area contributed by atoms with Crippen molar-refractivity contribution in [2.75, 3.05) is 10.8 Å². The Bertz CT molecular complexity index is 1440. The molecule has 0 unspecified atom stereocenters. The topological polar surface area (TPSA) is 101 Å². The second-order valence-electron chi connectivity index (χ2n) is 8.15. The number of aromatic nitrogens is 1. The van der Waals surface area contributed by atoms with Crippen LogP contribution >= 0.6 is 0 Å². The van der Waals surface area contributed by atoms with E-state index in [4.69, 9.17) is 4.74 Å². The number of nitrogens with zero attached hydrogens (tertiary/aromatic N) is 3. The van der Waals surface area contributed by atoms with Crippen molar-refractivity contribution >= 4 is 28.0 Å². The molecule has 0 bridgehead atoms. The number of hydrazone groups is 1. The van der Waals surface area contributed by atoms with Crippen LogP contribution in [0, 0.1) is 6.92 Å². The number of benzene rings is 3. The number of carbonyl (C=O) groups is 1. The molecule has 8 nitrogen and oxygen atoms in total. The highest BCUT2D eigenvalue weighted by Crippen LogP contribution is 2.21. The van der Waals surface area contributed by atoms with Crippen LogP contribution in [0.2, 0.25) is 0 Å². The van der Waals surface area contributed by atoms with Crippen molar-refractivity contribution in [2.45, 2.75) is 18.4 Å². The van der Waals surface area contributed by atoms with Gasteiger partial charge in [-0.25, -0.2) is 23.1 Å². The standard InChI is InChI=1S/C28H26N4O4S/c1-22-10-12-24(13-11-22)21-36-25-16-14-23(15-17-25)19-30-31-28(33)20-32(27-9-5-6-18-29-27)37(34,35)26-7-3-2-4-8-26/h2-19H,20-21H2,1H3,(H,31,33)/b30-19-. The maximum absolute atomic E-state index is 13.2. The van der Waals surface area contributed by atoms with Crippen LogP contribution < -0.4 is 14.5 Å². The summed E-state index contributed by atoms with van der Waals surface area (Å²) in [6, 6.07) is 28.1. The Balaban J connectivity index is 1.37. The highest BCUT2D eigenvalue weighted by Gasteiger charge is 2.27. The summed E-state index contributed by atoms with van der Waals surface area (Å²) < 4.78 is 33.2. The van der Waals surface area contributed by atoms with E-state index in [-0.39, 0.29) is 10.7 Å². The molecule has 0 aliphatic rings. The van der Waals surface area contributed by atoms with Gasteiger partial charge in [0.05, 0.1) is 11.1 Å². The van der Waals surface area contributed by atoms with Crippen molar-refractivity contribution in [2.24, 2.45) is 5.10 Å². The fourth-order valence-corrected chi connectivity index (χ4v) is 4.75. The van der Waals surface area contributed by atoms with Gasteiger partial charge in [-0.3, -0.25) is 4.79 Å². The average Bonchev–Trinajstić information content (AvgIpc) is 2.93. The Kier molecular flexibility index (Phi) is 8.27. The first-order valence-corrected chi connectivity index (χ1v) is 12.9. The maximum atomic E-state index is 13.2. The first-order valence-electron chi connectivity index (χ1n) is 11.5. The number of anilines is 1. The molecule has 0 fully saturated rings. The van der Waals surface area contributed by atoms with Crippen molar-refractivity contribution in [3.05, 3.63) is 120 Å². The summed E-state index contributed by atoms with van der Waals surface area (Å²) in [7, 11) is -4.01. The van der Waals surface area contributed by atoms with E-state index in [1.807, 2.05) is 43.3 Å². The van der Waals surface area contributed by atoms with Gasteiger partial charge in [-0.2, -0.15) is 5.10 Å². The quantitative estimate of drug-likeness (QED) is 0.251. The van der Waals surface area contributed by atoms with Gasteiger partial charge in [-0.1, -0.05) is 54.1 Å². The Morgan fingerprint density at radius 2 is 1.65 bits per heavy atom. The van der Waals surface area contributed by atoms with Gasteiger partial charge < -0.3 is 4.74 Å². The molecule has 0 atom stereocenters. The van der Waals surface area contributed by atoms with Crippen LogP contribution in [0.3, 0.4) is 0 Å². The van der Waals surface area contributed by atoms with E-state index >= 15 is 0 Å². The smallest absolute Gasteiger partial charge is 0.265 e. The van der Waals surface area contributed by atoms with E-state index in [0.29, 0.717) is 12.4 Å². The second-order valence-corrected chi connectivity index (χ2v) is 10.0. The summed E-state index contributed by atoms with van der Waals surface area (Å²) in [6.07, 6.45) is 2.94. The third-order valence-corrected chi connectivity index (χ3v) is 7.10. The molecular formula is C28H26N4O4S. The second kappa shape index (κ2) is 12.0. The van der Waals surface area contributed by atoms with E-state index in [1.165, 1.54) is 36.2 Å². The van der Waals surface area contributed by atoms with Gasteiger partial charge >= 0.3 is 0 Å². The molecule has 0 saturated heterocycles. The third-order valence-electron chi connectivity index (χ3n) is 5.33. The van der Waals surface area contributed by atoms with Crippen molar-refractivity contribution < 1.29 is 17.9 Å². The number of hydrogen-bond donors (Lipinski definition) is 1. The minimum absolute atomic E-state index is 0.0571. The molecule has 37 heavy (non-hydrogen) atoms. The first-order chi connectivity index (χ1) is 17.9. The van der Waals surface area contributed by atoms with Gasteiger partial charge in [0.2, 0.25) is 0 Å². The van der Waals surface area contributed by atoms with Crippen LogP contribution in [-0.2, 0) is 21.4 Å². The molecular weight excluding hydrogens is 488 g/mol. The monoisotopic (exact) mass is 514 g/mol. The van der Waals surface area contributed by atoms with E-state index in [9.17, 15) is 13.2 Å². The summed E-state index contributed by atoms with van der Waals surface area (Å²) in [6.45, 7) is 2.01. The Hall–Kier alpha value is -4.50. The number of aryl methyl sites for hydroxylation is 1. The largest absolute Gasteiger partial charge is 0.489 e. The average molecular weight is 515 g/mol. The number of amides is 1. The van der Waals surface area contributed by atoms with Crippen LogP contribution in [0.15, 0.2) is 113 Å². The molecule has 0 radical (unpaired) electrons. The van der Waals surface area contributed by atoms with Crippen LogP contribution in [0.4, 0.5) is 5.82 Å². The molecule has 9 heteroatoms. The van der Waals surface area contributed by atoms with E-state index in [2.05, 4.69) is 15.5 Å². The number of sulfonamides is 1. The zero-order valence-electron chi connectivity index (χ0n) is 20.2. The maximum Gasteiger partial charge on any atom is 0.265 e. The number of ether oxygens (including phenoxy) is 1. The molecule has 0 aliphatic heterocycles. The summed E-state index contributed by atoms with van der Waals surface area (Å²) in [5.74, 6) is 0.227. The van der Waals surface area contributed by atoms with Crippen LogP contribution in [0.5, 0.6) is 5.75 Å². The van der Waals surface area contributed by atoms with Gasteiger partial charge in [0.15, 0.2) is 0 Å². The zero-order chi connectivity index (χ0) is 26.1. The van der Waals surface area contributed by atoms with Gasteiger partial charge in [0.1, 0.15) is 24.7 Å². The molecule has 1 heterocycles. The summed E-state index contributed by atoms with van der Waals surface area (Å²) in [4.78, 5) is 16.8. The molecule has 1 aromatic heterocycles. The number of pyridine rings is 1. The predicted octanol–water partition coefficient (Wildman–Crippen LogP) is 4.31. The van der Waals surface area contributed by atoms with Gasteiger partial charge in [0.25, 0.3) is 15.9 Å².